The minimum absolute atomic E-state index is 0.00119. The van der Waals surface area contributed by atoms with E-state index < -0.39 is 23.5 Å². The first-order chi connectivity index (χ1) is 30.9. The van der Waals surface area contributed by atoms with Crippen LogP contribution >= 0.6 is 0 Å². The lowest BCUT2D eigenvalue weighted by Gasteiger charge is -2.22. The van der Waals surface area contributed by atoms with E-state index in [0.29, 0.717) is 77.0 Å². The van der Waals surface area contributed by atoms with Gasteiger partial charge >= 0.3 is 12.4 Å². The number of alkyl halides is 6. The number of hydrogen-bond acceptors (Lipinski definition) is 3. The molecule has 0 aliphatic heterocycles. The van der Waals surface area contributed by atoms with Crippen LogP contribution < -0.4 is 0 Å². The van der Waals surface area contributed by atoms with Gasteiger partial charge in [0.25, 0.3) is 0 Å². The van der Waals surface area contributed by atoms with Gasteiger partial charge in [-0.05, 0) is 107 Å². The molecule has 64 heavy (non-hydrogen) atoms. The Morgan fingerprint density at radius 1 is 0.375 bits per heavy atom. The van der Waals surface area contributed by atoms with Gasteiger partial charge in [-0.15, -0.1) is 0 Å². The molecule has 2 heterocycles. The highest BCUT2D eigenvalue weighted by Gasteiger charge is 2.38. The lowest BCUT2D eigenvalue weighted by atomic mass is 9.94. The summed E-state index contributed by atoms with van der Waals surface area (Å²) >= 11 is 0. The van der Waals surface area contributed by atoms with E-state index in [4.69, 9.17) is 0 Å². The Balaban J connectivity index is 1.37. The molecule has 11 heteroatoms. The Hall–Kier alpha value is -8.59. The highest BCUT2D eigenvalue weighted by Crippen LogP contribution is 2.47. The average Bonchev–Trinajstić information content (AvgIpc) is 3.82. The molecule has 0 fully saturated rings. The molecule has 8 aromatic carbocycles. The zero-order valence-corrected chi connectivity index (χ0v) is 33.1. The summed E-state index contributed by atoms with van der Waals surface area (Å²) in [5.74, 6) is 0. The van der Waals surface area contributed by atoms with E-state index in [1.54, 1.807) is 69.8 Å². The number of rotatable bonds is 5. The summed E-state index contributed by atoms with van der Waals surface area (Å²) in [6.07, 6.45) is -10.3. The van der Waals surface area contributed by atoms with E-state index in [1.165, 1.54) is 12.1 Å². The molecule has 0 atom stereocenters. The van der Waals surface area contributed by atoms with Gasteiger partial charge in [-0.25, -0.2) is 0 Å². The van der Waals surface area contributed by atoms with Crippen molar-refractivity contribution in [1.82, 2.24) is 9.13 Å². The summed E-state index contributed by atoms with van der Waals surface area (Å²) in [5, 5.41) is 33.4. The first kappa shape index (κ1) is 39.5. The molecule has 306 valence electrons. The first-order valence-electron chi connectivity index (χ1n) is 19.8. The van der Waals surface area contributed by atoms with E-state index in [1.807, 2.05) is 72.8 Å². The number of aromatic nitrogens is 2. The van der Waals surface area contributed by atoms with Crippen LogP contribution in [0.3, 0.4) is 0 Å². The SMILES string of the molecule is N#Cc1cc(-n2c3ccccc3c3cc(-c4ccccc4C#N)ccc32)c(-c2cc(C(F)(F)F)cc(C(F)(F)F)c2)c(-n2c3ccccc3c3cc(-c4ccccc4C#N)ccc32)c1. The third-order valence-corrected chi connectivity index (χ3v) is 11.6. The van der Waals surface area contributed by atoms with Crippen molar-refractivity contribution in [2.45, 2.75) is 12.4 Å². The van der Waals surface area contributed by atoms with Crippen LogP contribution in [0.25, 0.3) is 88.4 Å². The van der Waals surface area contributed by atoms with Crippen molar-refractivity contribution in [3.63, 3.8) is 0 Å². The van der Waals surface area contributed by atoms with Crippen molar-refractivity contribution >= 4 is 43.6 Å². The lowest BCUT2D eigenvalue weighted by molar-refractivity contribution is -0.143. The molecule has 0 amide bonds. The normalized spacial score (nSPS) is 11.9. The highest BCUT2D eigenvalue weighted by molar-refractivity contribution is 6.13. The maximum absolute atomic E-state index is 14.8. The van der Waals surface area contributed by atoms with Crippen molar-refractivity contribution in [3.05, 3.63) is 192 Å². The number of para-hydroxylation sites is 2. The van der Waals surface area contributed by atoms with Gasteiger partial charge in [0.1, 0.15) is 0 Å². The summed E-state index contributed by atoms with van der Waals surface area (Å²) in [5.41, 5.74) is 2.92. The summed E-state index contributed by atoms with van der Waals surface area (Å²) in [4.78, 5) is 0. The molecule has 2 aromatic heterocycles. The minimum atomic E-state index is -5.16. The van der Waals surface area contributed by atoms with Crippen LogP contribution in [0.1, 0.15) is 27.8 Å². The standard InChI is InChI=1S/C53H27F6N5/c54-52(55,56)37-23-36(24-38(27-37)53(57,58)59)51-49(63-45-15-7-5-13-41(45)43-25-32(17-19-47(43)63)39-11-3-1-9-34(39)29-61)21-31(28-60)22-50(51)64-46-16-8-6-14-42(46)44-26-33(18-20-48(44)64)40-12-4-2-10-35(40)30-62/h1-27H. The Labute approximate surface area is 360 Å². The molecule has 0 bridgehead atoms. The molecular weight excluding hydrogens is 821 g/mol. The van der Waals surface area contributed by atoms with E-state index in [9.17, 15) is 42.1 Å². The second kappa shape index (κ2) is 14.8. The monoisotopic (exact) mass is 847 g/mol. The van der Waals surface area contributed by atoms with Crippen LogP contribution in [0, 0.1) is 34.0 Å². The Morgan fingerprint density at radius 2 is 0.781 bits per heavy atom. The summed E-state index contributed by atoms with van der Waals surface area (Å²) in [7, 11) is 0. The second-order valence-electron chi connectivity index (χ2n) is 15.3. The number of halogens is 6. The second-order valence-corrected chi connectivity index (χ2v) is 15.3. The molecule has 10 aromatic rings. The van der Waals surface area contributed by atoms with Crippen molar-refractivity contribution in [1.29, 1.82) is 15.8 Å². The van der Waals surface area contributed by atoms with Gasteiger partial charge in [-0.2, -0.15) is 42.1 Å². The fraction of sp³-hybridized carbons (Fsp3) is 0.0377. The highest BCUT2D eigenvalue weighted by atomic mass is 19.4. The third-order valence-electron chi connectivity index (χ3n) is 11.6. The Morgan fingerprint density at radius 3 is 1.20 bits per heavy atom. The first-order valence-corrected chi connectivity index (χ1v) is 19.8. The van der Waals surface area contributed by atoms with Crippen molar-refractivity contribution in [2.24, 2.45) is 0 Å². The smallest absolute Gasteiger partial charge is 0.308 e. The van der Waals surface area contributed by atoms with E-state index >= 15 is 0 Å². The van der Waals surface area contributed by atoms with Gasteiger partial charge in [0.15, 0.2) is 0 Å². The maximum atomic E-state index is 14.8. The summed E-state index contributed by atoms with van der Waals surface area (Å²) < 4.78 is 92.1. The summed E-state index contributed by atoms with van der Waals surface area (Å²) in [6.45, 7) is 0. The van der Waals surface area contributed by atoms with Crippen molar-refractivity contribution in [2.75, 3.05) is 0 Å². The molecule has 5 nitrogen and oxygen atoms in total. The molecule has 0 aliphatic rings. The summed E-state index contributed by atoms with van der Waals surface area (Å²) in [6, 6.07) is 51.0. The van der Waals surface area contributed by atoms with Crippen LogP contribution in [0.15, 0.2) is 164 Å². The quantitative estimate of drug-likeness (QED) is 0.162. The van der Waals surface area contributed by atoms with Crippen LogP contribution in [-0.4, -0.2) is 9.13 Å². The van der Waals surface area contributed by atoms with Gasteiger partial charge in [0.05, 0.1) is 79.5 Å². The largest absolute Gasteiger partial charge is 0.416 e. The van der Waals surface area contributed by atoms with Crippen molar-refractivity contribution in [3.8, 4) is 63.0 Å². The fourth-order valence-electron chi connectivity index (χ4n) is 8.89. The Bertz CT molecular complexity index is 3470. The number of nitrogens with zero attached hydrogens (tertiary/aromatic N) is 5. The predicted octanol–water partition coefficient (Wildman–Crippen LogP) is 14.5. The van der Waals surface area contributed by atoms with E-state index in [0.717, 1.165) is 12.1 Å². The van der Waals surface area contributed by atoms with E-state index in [2.05, 4.69) is 18.2 Å². The molecular formula is C53H27F6N5. The molecule has 10 rings (SSSR count). The Kier molecular flexibility index (Phi) is 9.14. The van der Waals surface area contributed by atoms with Gasteiger partial charge in [0.2, 0.25) is 0 Å². The van der Waals surface area contributed by atoms with Gasteiger partial charge in [-0.3, -0.25) is 0 Å². The zero-order chi connectivity index (χ0) is 44.5. The lowest BCUT2D eigenvalue weighted by Crippen LogP contribution is -2.12. The molecule has 0 saturated heterocycles. The number of nitriles is 3. The molecule has 0 radical (unpaired) electrons. The van der Waals surface area contributed by atoms with Crippen LogP contribution in [-0.2, 0) is 12.4 Å². The molecule has 0 aliphatic carbocycles. The van der Waals surface area contributed by atoms with Gasteiger partial charge < -0.3 is 9.13 Å². The molecule has 0 saturated carbocycles. The average molecular weight is 848 g/mol. The predicted molar refractivity (Wildman–Crippen MR) is 236 cm³/mol. The number of benzene rings is 8. The topological polar surface area (TPSA) is 81.2 Å². The maximum Gasteiger partial charge on any atom is 0.416 e. The van der Waals surface area contributed by atoms with Gasteiger partial charge in [0, 0.05) is 27.1 Å². The minimum Gasteiger partial charge on any atom is -0.308 e. The molecule has 0 spiro atoms. The van der Waals surface area contributed by atoms with E-state index in [-0.39, 0.29) is 34.1 Å². The van der Waals surface area contributed by atoms with Crippen LogP contribution in [0.2, 0.25) is 0 Å². The van der Waals surface area contributed by atoms with Crippen LogP contribution in [0.4, 0.5) is 26.3 Å². The molecule has 0 N–H and O–H groups in total. The van der Waals surface area contributed by atoms with Gasteiger partial charge in [-0.1, -0.05) is 84.9 Å². The zero-order valence-electron chi connectivity index (χ0n) is 33.1. The number of hydrogen-bond donors (Lipinski definition) is 0. The van der Waals surface area contributed by atoms with Crippen molar-refractivity contribution < 1.29 is 26.3 Å². The fourth-order valence-corrected chi connectivity index (χ4v) is 8.89. The molecule has 0 unspecified atom stereocenters. The third kappa shape index (κ3) is 6.40. The number of fused-ring (bicyclic) bond motifs is 6. The van der Waals surface area contributed by atoms with Crippen LogP contribution in [0.5, 0.6) is 0 Å².